The van der Waals surface area contributed by atoms with Crippen LogP contribution in [-0.4, -0.2) is 9.55 Å². The van der Waals surface area contributed by atoms with Crippen LogP contribution in [0.4, 0.5) is 17.1 Å². The first kappa shape index (κ1) is 29.9. The summed E-state index contributed by atoms with van der Waals surface area (Å²) in [5.41, 5.74) is 11.5. The van der Waals surface area contributed by atoms with Gasteiger partial charge in [0, 0.05) is 39.1 Å². The number of benzene rings is 8. The van der Waals surface area contributed by atoms with Gasteiger partial charge in [-0.05, 0) is 81.6 Å². The van der Waals surface area contributed by atoms with Crippen LogP contribution < -0.4 is 4.90 Å². The third-order valence-corrected chi connectivity index (χ3v) is 10.3. The third-order valence-electron chi connectivity index (χ3n) is 10.3. The Bertz CT molecular complexity index is 2880. The Balaban J connectivity index is 1.17. The lowest BCUT2D eigenvalue weighted by molar-refractivity contribution is 1.19. The highest BCUT2D eigenvalue weighted by atomic mass is 15.1. The van der Waals surface area contributed by atoms with Crippen LogP contribution in [0.1, 0.15) is 0 Å². The van der Waals surface area contributed by atoms with Crippen LogP contribution in [0.3, 0.4) is 0 Å². The van der Waals surface area contributed by atoms with Crippen molar-refractivity contribution in [1.82, 2.24) is 9.55 Å². The van der Waals surface area contributed by atoms with Crippen LogP contribution in [0, 0.1) is 0 Å². The summed E-state index contributed by atoms with van der Waals surface area (Å²) < 4.78 is 2.44. The number of hydrogen-bond donors (Lipinski definition) is 0. The highest BCUT2D eigenvalue weighted by Crippen LogP contribution is 2.44. The van der Waals surface area contributed by atoms with Crippen LogP contribution in [-0.2, 0) is 0 Å². The molecule has 0 aliphatic carbocycles. The van der Waals surface area contributed by atoms with Gasteiger partial charge in [0.15, 0.2) is 0 Å². The fourth-order valence-electron chi connectivity index (χ4n) is 7.87. The van der Waals surface area contributed by atoms with E-state index < -0.39 is 0 Å². The van der Waals surface area contributed by atoms with Crippen molar-refractivity contribution in [3.8, 4) is 27.9 Å². The molecule has 3 heteroatoms. The molecule has 0 N–H and O–H groups in total. The number of nitrogens with zero attached hydrogens (tertiary/aromatic N) is 3. The van der Waals surface area contributed by atoms with E-state index in [-0.39, 0.29) is 0 Å². The molecule has 0 saturated carbocycles. The number of hydrogen-bond acceptors (Lipinski definition) is 2. The number of para-hydroxylation sites is 1. The van der Waals surface area contributed by atoms with Crippen molar-refractivity contribution in [2.75, 3.05) is 4.90 Å². The maximum absolute atomic E-state index is 4.52. The number of anilines is 3. The van der Waals surface area contributed by atoms with E-state index in [1.54, 1.807) is 0 Å². The predicted octanol–water partition coefficient (Wildman–Crippen LogP) is 13.3. The number of aromatic nitrogens is 2. The molecule has 0 amide bonds. The van der Waals surface area contributed by atoms with Crippen molar-refractivity contribution in [3.63, 3.8) is 0 Å². The quantitative estimate of drug-likeness (QED) is 0.177. The van der Waals surface area contributed by atoms with E-state index >= 15 is 0 Å². The van der Waals surface area contributed by atoms with Crippen molar-refractivity contribution >= 4 is 60.4 Å². The zero-order valence-corrected chi connectivity index (χ0v) is 28.4. The average molecular weight is 664 g/mol. The number of pyridine rings is 1. The molecule has 0 radical (unpaired) electrons. The van der Waals surface area contributed by atoms with Gasteiger partial charge in [0.05, 0.1) is 28.6 Å². The van der Waals surface area contributed by atoms with E-state index in [4.69, 9.17) is 0 Å². The van der Waals surface area contributed by atoms with Crippen LogP contribution in [0.25, 0.3) is 71.3 Å². The zero-order chi connectivity index (χ0) is 34.4. The highest BCUT2D eigenvalue weighted by Gasteiger charge is 2.20. The maximum atomic E-state index is 4.52. The van der Waals surface area contributed by atoms with E-state index in [9.17, 15) is 0 Å². The van der Waals surface area contributed by atoms with Gasteiger partial charge in [0.2, 0.25) is 0 Å². The van der Waals surface area contributed by atoms with Gasteiger partial charge in [-0.3, -0.25) is 4.98 Å². The maximum Gasteiger partial charge on any atom is 0.0645 e. The van der Waals surface area contributed by atoms with Gasteiger partial charge in [0.25, 0.3) is 0 Å². The number of rotatable bonds is 6. The third kappa shape index (κ3) is 4.94. The monoisotopic (exact) mass is 663 g/mol. The largest absolute Gasteiger partial charge is 0.309 e. The minimum Gasteiger partial charge on any atom is -0.309 e. The molecule has 0 saturated heterocycles. The molecule has 0 bridgehead atoms. The van der Waals surface area contributed by atoms with Crippen LogP contribution >= 0.6 is 0 Å². The van der Waals surface area contributed by atoms with Crippen molar-refractivity contribution in [1.29, 1.82) is 0 Å². The fourth-order valence-corrected chi connectivity index (χ4v) is 7.87. The summed E-state index contributed by atoms with van der Waals surface area (Å²) in [6, 6.07) is 67.7. The topological polar surface area (TPSA) is 21.1 Å². The van der Waals surface area contributed by atoms with Crippen LogP contribution in [0.5, 0.6) is 0 Å². The second-order valence-electron chi connectivity index (χ2n) is 13.2. The van der Waals surface area contributed by atoms with E-state index in [0.29, 0.717) is 0 Å². The molecule has 0 spiro atoms. The molecule has 0 fully saturated rings. The molecule has 8 aromatic carbocycles. The van der Waals surface area contributed by atoms with Gasteiger partial charge in [-0.2, -0.15) is 0 Å². The standard InChI is InChI=1S/C49H33N3/c1-3-12-34(13-4-1)35-21-25-39(26-22-35)51(40-17-11-31-50-33-40)47-30-29-41(43-19-9-10-20-44(43)47)37-24-27-45-46-28-23-36-14-7-8-18-42(36)49(46)52(48(45)32-37)38-15-5-2-6-16-38/h1-33H. The summed E-state index contributed by atoms with van der Waals surface area (Å²) in [5, 5.41) is 7.37. The molecule has 0 aliphatic heterocycles. The SMILES string of the molecule is c1ccc(-c2ccc(N(c3cccnc3)c3ccc(-c4ccc5c6ccc7ccccc7c6n(-c6ccccc6)c5c4)c4ccccc34)cc2)cc1. The Morgan fingerprint density at radius 1 is 0.423 bits per heavy atom. The molecule has 10 aromatic rings. The smallest absolute Gasteiger partial charge is 0.0645 e. The fraction of sp³-hybridized carbons (Fsp3) is 0. The van der Waals surface area contributed by atoms with E-state index in [1.165, 1.54) is 65.6 Å². The molecule has 3 nitrogen and oxygen atoms in total. The zero-order valence-electron chi connectivity index (χ0n) is 28.4. The van der Waals surface area contributed by atoms with Crippen LogP contribution in [0.15, 0.2) is 200 Å². The molecule has 52 heavy (non-hydrogen) atoms. The lowest BCUT2D eigenvalue weighted by atomic mass is 9.95. The summed E-state index contributed by atoms with van der Waals surface area (Å²) in [4.78, 5) is 6.84. The predicted molar refractivity (Wildman–Crippen MR) is 219 cm³/mol. The molecular weight excluding hydrogens is 631 g/mol. The Kier molecular flexibility index (Phi) is 7.14. The van der Waals surface area contributed by atoms with Gasteiger partial charge >= 0.3 is 0 Å². The first-order valence-electron chi connectivity index (χ1n) is 17.7. The Morgan fingerprint density at radius 3 is 1.88 bits per heavy atom. The minimum atomic E-state index is 1.01. The normalized spacial score (nSPS) is 11.5. The van der Waals surface area contributed by atoms with Crippen LogP contribution in [0.2, 0.25) is 0 Å². The number of fused-ring (bicyclic) bond motifs is 6. The van der Waals surface area contributed by atoms with Crippen molar-refractivity contribution < 1.29 is 0 Å². The Morgan fingerprint density at radius 2 is 1.10 bits per heavy atom. The van der Waals surface area contributed by atoms with Crippen molar-refractivity contribution in [2.45, 2.75) is 0 Å². The molecule has 10 rings (SSSR count). The van der Waals surface area contributed by atoms with E-state index in [1.807, 2.05) is 18.5 Å². The summed E-state index contributed by atoms with van der Waals surface area (Å²) in [6.07, 6.45) is 3.77. The summed E-state index contributed by atoms with van der Waals surface area (Å²) in [7, 11) is 0. The molecule has 0 atom stereocenters. The minimum absolute atomic E-state index is 1.01. The van der Waals surface area contributed by atoms with Gasteiger partial charge in [-0.25, -0.2) is 0 Å². The average Bonchev–Trinajstić information content (AvgIpc) is 3.56. The first-order valence-corrected chi connectivity index (χ1v) is 17.7. The molecule has 244 valence electrons. The summed E-state index contributed by atoms with van der Waals surface area (Å²) in [6.45, 7) is 0. The second-order valence-corrected chi connectivity index (χ2v) is 13.2. The summed E-state index contributed by atoms with van der Waals surface area (Å²) >= 11 is 0. The van der Waals surface area contributed by atoms with Gasteiger partial charge in [-0.1, -0.05) is 140 Å². The lowest BCUT2D eigenvalue weighted by Gasteiger charge is -2.27. The first-order chi connectivity index (χ1) is 25.8. The van der Waals surface area contributed by atoms with Gasteiger partial charge in [0.1, 0.15) is 0 Å². The Labute approximate surface area is 302 Å². The van der Waals surface area contributed by atoms with Gasteiger partial charge < -0.3 is 9.47 Å². The lowest BCUT2D eigenvalue weighted by Crippen LogP contribution is -2.10. The van der Waals surface area contributed by atoms with E-state index in [2.05, 4.69) is 196 Å². The highest BCUT2D eigenvalue weighted by molar-refractivity contribution is 6.19. The van der Waals surface area contributed by atoms with Crippen molar-refractivity contribution in [3.05, 3.63) is 200 Å². The molecular formula is C49H33N3. The second kappa shape index (κ2) is 12.4. The molecule has 2 aromatic heterocycles. The van der Waals surface area contributed by atoms with Gasteiger partial charge in [-0.15, -0.1) is 0 Å². The van der Waals surface area contributed by atoms with Crippen molar-refractivity contribution in [2.24, 2.45) is 0 Å². The summed E-state index contributed by atoms with van der Waals surface area (Å²) in [5.74, 6) is 0. The Hall–Kier alpha value is -6.97. The molecule has 0 unspecified atom stereocenters. The van der Waals surface area contributed by atoms with E-state index in [0.717, 1.165) is 22.7 Å². The molecule has 0 aliphatic rings. The molecule has 2 heterocycles.